The number of fused-ring (bicyclic) bond motifs is 1. The Labute approximate surface area is 121 Å². The van der Waals surface area contributed by atoms with Crippen molar-refractivity contribution in [3.8, 4) is 11.6 Å². The van der Waals surface area contributed by atoms with Crippen LogP contribution in [0.3, 0.4) is 0 Å². The fourth-order valence-corrected chi connectivity index (χ4v) is 2.16. The lowest BCUT2D eigenvalue weighted by Gasteiger charge is -2.10. The highest BCUT2D eigenvalue weighted by atomic mass is 35.5. The van der Waals surface area contributed by atoms with Crippen LogP contribution in [0.15, 0.2) is 36.8 Å². The third kappa shape index (κ3) is 2.28. The van der Waals surface area contributed by atoms with Crippen LogP contribution in [0.1, 0.15) is 5.56 Å². The smallest absolute Gasteiger partial charge is 0.265 e. The predicted octanol–water partition coefficient (Wildman–Crippen LogP) is 3.53. The lowest BCUT2D eigenvalue weighted by molar-refractivity contribution is 0.466. The summed E-state index contributed by atoms with van der Waals surface area (Å²) in [6.45, 7) is 1.97. The van der Waals surface area contributed by atoms with Gasteiger partial charge in [-0.25, -0.2) is 4.98 Å². The normalized spacial score (nSPS) is 10.8. The number of rotatable bonds is 3. The lowest BCUT2D eigenvalue weighted by atomic mass is 10.2. The monoisotopic (exact) mass is 288 g/mol. The zero-order chi connectivity index (χ0) is 14.1. The first-order valence-corrected chi connectivity index (χ1v) is 6.50. The molecular formula is C14H13ClN4O. The van der Waals surface area contributed by atoms with Crippen LogP contribution in [0.4, 0.5) is 5.82 Å². The molecule has 5 nitrogen and oxygen atoms in total. The lowest BCUT2D eigenvalue weighted by Crippen LogP contribution is -2.00. The molecule has 0 saturated carbocycles. The van der Waals surface area contributed by atoms with Crippen LogP contribution in [-0.4, -0.2) is 21.4 Å². The van der Waals surface area contributed by atoms with Gasteiger partial charge in [-0.05, 0) is 24.6 Å². The van der Waals surface area contributed by atoms with Crippen LogP contribution in [-0.2, 0) is 0 Å². The minimum Gasteiger partial charge on any atom is -0.434 e. The summed E-state index contributed by atoms with van der Waals surface area (Å²) in [4.78, 5) is 8.62. The van der Waals surface area contributed by atoms with Crippen molar-refractivity contribution in [2.75, 3.05) is 12.4 Å². The van der Waals surface area contributed by atoms with Crippen molar-refractivity contribution in [1.82, 2.24) is 14.4 Å². The highest BCUT2D eigenvalue weighted by Gasteiger charge is 2.11. The zero-order valence-corrected chi connectivity index (χ0v) is 11.8. The molecule has 0 aliphatic heterocycles. The highest BCUT2D eigenvalue weighted by Crippen LogP contribution is 2.31. The van der Waals surface area contributed by atoms with Gasteiger partial charge in [0, 0.05) is 19.4 Å². The van der Waals surface area contributed by atoms with E-state index >= 15 is 0 Å². The second-order valence-corrected chi connectivity index (χ2v) is 4.78. The molecule has 0 saturated heterocycles. The molecule has 0 aliphatic carbocycles. The molecular weight excluding hydrogens is 276 g/mol. The topological polar surface area (TPSA) is 51.5 Å². The van der Waals surface area contributed by atoms with Crippen molar-refractivity contribution < 1.29 is 4.74 Å². The van der Waals surface area contributed by atoms with Gasteiger partial charge in [0.2, 0.25) is 5.65 Å². The summed E-state index contributed by atoms with van der Waals surface area (Å²) < 4.78 is 7.66. The van der Waals surface area contributed by atoms with E-state index in [0.29, 0.717) is 28.1 Å². The number of nitrogens with zero attached hydrogens (tertiary/aromatic N) is 3. The number of imidazole rings is 1. The molecule has 3 aromatic rings. The first-order chi connectivity index (χ1) is 9.67. The van der Waals surface area contributed by atoms with Gasteiger partial charge in [0.15, 0.2) is 0 Å². The second-order valence-electron chi connectivity index (χ2n) is 4.38. The minimum atomic E-state index is 0.410. The largest absolute Gasteiger partial charge is 0.434 e. The molecule has 2 aromatic heterocycles. The van der Waals surface area contributed by atoms with Crippen LogP contribution in [0.5, 0.6) is 11.6 Å². The van der Waals surface area contributed by atoms with E-state index in [2.05, 4.69) is 15.3 Å². The maximum atomic E-state index is 6.18. The van der Waals surface area contributed by atoms with E-state index in [-0.39, 0.29) is 0 Å². The molecule has 0 atom stereocenters. The van der Waals surface area contributed by atoms with Crippen molar-refractivity contribution in [2.45, 2.75) is 6.92 Å². The molecule has 0 radical (unpaired) electrons. The van der Waals surface area contributed by atoms with Crippen molar-refractivity contribution in [1.29, 1.82) is 0 Å². The molecule has 0 aliphatic rings. The Kier molecular flexibility index (Phi) is 3.20. The number of ether oxygens (including phenoxy) is 1. The average molecular weight is 289 g/mol. The van der Waals surface area contributed by atoms with Crippen molar-refractivity contribution in [3.05, 3.63) is 47.4 Å². The van der Waals surface area contributed by atoms with Crippen molar-refractivity contribution in [3.63, 3.8) is 0 Å². The molecule has 20 heavy (non-hydrogen) atoms. The molecule has 102 valence electrons. The van der Waals surface area contributed by atoms with Gasteiger partial charge >= 0.3 is 0 Å². The van der Waals surface area contributed by atoms with Gasteiger partial charge in [-0.3, -0.25) is 4.40 Å². The average Bonchev–Trinajstić information content (AvgIpc) is 2.90. The molecule has 6 heteroatoms. The summed E-state index contributed by atoms with van der Waals surface area (Å²) in [5, 5.41) is 3.53. The Hall–Kier alpha value is -2.27. The van der Waals surface area contributed by atoms with Gasteiger partial charge in [-0.15, -0.1) is 0 Å². The standard InChI is InChI=1S/C14H13ClN4O/c1-9-3-4-11(10(15)7-9)20-14-13-17-5-6-19(13)8-12(16-2)18-14/h3-8,16H,1-2H3. The fourth-order valence-electron chi connectivity index (χ4n) is 1.88. The molecule has 0 bridgehead atoms. The van der Waals surface area contributed by atoms with Crippen LogP contribution >= 0.6 is 11.6 Å². The molecule has 0 fully saturated rings. The van der Waals surface area contributed by atoms with E-state index in [1.165, 1.54) is 0 Å². The van der Waals surface area contributed by atoms with E-state index in [4.69, 9.17) is 16.3 Å². The van der Waals surface area contributed by atoms with Crippen LogP contribution in [0.2, 0.25) is 5.02 Å². The van der Waals surface area contributed by atoms with Gasteiger partial charge in [-0.2, -0.15) is 4.98 Å². The third-order valence-corrected chi connectivity index (χ3v) is 3.19. The molecule has 3 rings (SSSR count). The number of halogens is 1. The van der Waals surface area contributed by atoms with E-state index in [0.717, 1.165) is 5.56 Å². The SMILES string of the molecule is CNc1cn2ccnc2c(Oc2ccc(C)cc2Cl)n1. The van der Waals surface area contributed by atoms with Crippen LogP contribution in [0, 0.1) is 6.92 Å². The molecule has 0 amide bonds. The Balaban J connectivity index is 2.07. The third-order valence-electron chi connectivity index (χ3n) is 2.89. The Morgan fingerprint density at radius 1 is 1.35 bits per heavy atom. The van der Waals surface area contributed by atoms with Crippen molar-refractivity contribution >= 4 is 23.1 Å². The number of anilines is 1. The summed E-state index contributed by atoms with van der Waals surface area (Å²) in [5.41, 5.74) is 1.71. The van der Waals surface area contributed by atoms with E-state index < -0.39 is 0 Å². The molecule has 2 heterocycles. The summed E-state index contributed by atoms with van der Waals surface area (Å²) in [5.74, 6) is 1.66. The zero-order valence-electron chi connectivity index (χ0n) is 11.1. The predicted molar refractivity (Wildman–Crippen MR) is 78.8 cm³/mol. The van der Waals surface area contributed by atoms with Crippen LogP contribution < -0.4 is 10.1 Å². The Morgan fingerprint density at radius 3 is 2.95 bits per heavy atom. The summed E-state index contributed by atoms with van der Waals surface area (Å²) in [6, 6.07) is 5.61. The van der Waals surface area contributed by atoms with Gasteiger partial charge in [-0.1, -0.05) is 17.7 Å². The van der Waals surface area contributed by atoms with Gasteiger partial charge in [0.05, 0.1) is 11.2 Å². The maximum Gasteiger partial charge on any atom is 0.265 e. The number of benzene rings is 1. The van der Waals surface area contributed by atoms with Crippen molar-refractivity contribution in [2.24, 2.45) is 0 Å². The molecule has 1 N–H and O–H groups in total. The number of nitrogens with one attached hydrogen (secondary N) is 1. The minimum absolute atomic E-state index is 0.410. The number of aryl methyl sites for hydroxylation is 1. The van der Waals surface area contributed by atoms with E-state index in [9.17, 15) is 0 Å². The fraction of sp³-hybridized carbons (Fsp3) is 0.143. The van der Waals surface area contributed by atoms with Crippen LogP contribution in [0.25, 0.3) is 5.65 Å². The summed E-state index contributed by atoms with van der Waals surface area (Å²) in [7, 11) is 1.80. The van der Waals surface area contributed by atoms with Gasteiger partial charge in [0.25, 0.3) is 5.88 Å². The summed E-state index contributed by atoms with van der Waals surface area (Å²) in [6.07, 6.45) is 5.37. The van der Waals surface area contributed by atoms with Gasteiger partial charge < -0.3 is 10.1 Å². The van der Waals surface area contributed by atoms with E-state index in [1.54, 1.807) is 13.2 Å². The molecule has 0 unspecified atom stereocenters. The van der Waals surface area contributed by atoms with Gasteiger partial charge in [0.1, 0.15) is 11.6 Å². The highest BCUT2D eigenvalue weighted by molar-refractivity contribution is 6.32. The number of aromatic nitrogens is 3. The second kappa shape index (κ2) is 5.02. The first-order valence-electron chi connectivity index (χ1n) is 6.13. The molecule has 0 spiro atoms. The number of hydrogen-bond donors (Lipinski definition) is 1. The van der Waals surface area contributed by atoms with E-state index in [1.807, 2.05) is 41.9 Å². The number of hydrogen-bond acceptors (Lipinski definition) is 4. The maximum absolute atomic E-state index is 6.18. The quantitative estimate of drug-likeness (QED) is 0.801. The Morgan fingerprint density at radius 2 is 2.20 bits per heavy atom. The summed E-state index contributed by atoms with van der Waals surface area (Å²) >= 11 is 6.18. The molecule has 1 aromatic carbocycles. The first kappa shape index (κ1) is 12.7. The Bertz CT molecular complexity index is 769.